The summed E-state index contributed by atoms with van der Waals surface area (Å²) < 4.78 is 5.72. The Kier molecular flexibility index (Phi) is 6.62. The molecule has 3 rings (SSSR count). The molecule has 7 heteroatoms. The Labute approximate surface area is 159 Å². The van der Waals surface area contributed by atoms with Crippen LogP contribution in [0.5, 0.6) is 5.75 Å². The molecule has 144 valence electrons. The third-order valence-corrected chi connectivity index (χ3v) is 4.70. The Morgan fingerprint density at radius 1 is 1.30 bits per heavy atom. The van der Waals surface area contributed by atoms with Gasteiger partial charge in [-0.25, -0.2) is 4.79 Å². The Bertz CT molecular complexity index is 724. The lowest BCUT2D eigenvalue weighted by molar-refractivity contribution is 0.182. The molecule has 2 heterocycles. The number of aliphatic hydroxyl groups excluding tert-OH is 1. The van der Waals surface area contributed by atoms with E-state index in [1.165, 1.54) is 0 Å². The second-order valence-corrected chi connectivity index (χ2v) is 6.75. The second kappa shape index (κ2) is 9.34. The largest absolute Gasteiger partial charge is 0.493 e. The highest BCUT2D eigenvalue weighted by Gasteiger charge is 2.29. The predicted molar refractivity (Wildman–Crippen MR) is 104 cm³/mol. The van der Waals surface area contributed by atoms with E-state index in [1.54, 1.807) is 6.20 Å². The fourth-order valence-electron chi connectivity index (χ4n) is 3.20. The Balaban J connectivity index is 1.41. The van der Waals surface area contributed by atoms with Gasteiger partial charge in [0.1, 0.15) is 5.75 Å². The van der Waals surface area contributed by atoms with Crippen molar-refractivity contribution in [3.8, 4) is 5.75 Å². The van der Waals surface area contributed by atoms with Gasteiger partial charge in [0.15, 0.2) is 0 Å². The predicted octanol–water partition coefficient (Wildman–Crippen LogP) is 1.89. The van der Waals surface area contributed by atoms with Crippen molar-refractivity contribution in [3.05, 3.63) is 54.4 Å². The number of aromatic nitrogens is 1. The highest BCUT2D eigenvalue weighted by atomic mass is 16.5. The summed E-state index contributed by atoms with van der Waals surface area (Å²) in [6.07, 6.45) is 3.27. The van der Waals surface area contributed by atoms with Crippen LogP contribution in [0.2, 0.25) is 0 Å². The van der Waals surface area contributed by atoms with Gasteiger partial charge in [-0.2, -0.15) is 0 Å². The molecule has 27 heavy (non-hydrogen) atoms. The van der Waals surface area contributed by atoms with E-state index < -0.39 is 0 Å². The fourth-order valence-corrected chi connectivity index (χ4v) is 3.20. The number of aliphatic hydroxyl groups is 1. The van der Waals surface area contributed by atoms with Crippen molar-refractivity contribution in [2.75, 3.05) is 32.1 Å². The summed E-state index contributed by atoms with van der Waals surface area (Å²) in [7, 11) is 1.95. The van der Waals surface area contributed by atoms with Gasteiger partial charge in [0.25, 0.3) is 0 Å². The van der Waals surface area contributed by atoms with Gasteiger partial charge in [-0.15, -0.1) is 0 Å². The van der Waals surface area contributed by atoms with Gasteiger partial charge in [-0.3, -0.25) is 9.88 Å². The van der Waals surface area contributed by atoms with E-state index >= 15 is 0 Å². The lowest BCUT2D eigenvalue weighted by Gasteiger charge is -2.15. The van der Waals surface area contributed by atoms with E-state index in [-0.39, 0.29) is 24.7 Å². The monoisotopic (exact) mass is 370 g/mol. The number of rotatable bonds is 7. The fraction of sp³-hybridized carbons (Fsp3) is 0.400. The molecule has 1 aromatic carbocycles. The SMILES string of the molecule is CN1C[C@H](NC(=O)Nc2ccc(OCCc3ccccn3)cc2)C[C@H]1CO. The van der Waals surface area contributed by atoms with Crippen LogP contribution in [0.4, 0.5) is 10.5 Å². The summed E-state index contributed by atoms with van der Waals surface area (Å²) >= 11 is 0. The second-order valence-electron chi connectivity index (χ2n) is 6.75. The summed E-state index contributed by atoms with van der Waals surface area (Å²) in [6, 6.07) is 13.0. The maximum absolute atomic E-state index is 12.1. The average molecular weight is 370 g/mol. The zero-order valence-electron chi connectivity index (χ0n) is 15.5. The molecule has 7 nitrogen and oxygen atoms in total. The summed E-state index contributed by atoms with van der Waals surface area (Å²) in [5, 5.41) is 15.1. The van der Waals surface area contributed by atoms with Crippen LogP contribution in [0.1, 0.15) is 12.1 Å². The molecular weight excluding hydrogens is 344 g/mol. The van der Waals surface area contributed by atoms with Gasteiger partial charge >= 0.3 is 6.03 Å². The molecule has 2 amide bonds. The molecule has 1 aliphatic rings. The van der Waals surface area contributed by atoms with E-state index in [0.717, 1.165) is 30.8 Å². The van der Waals surface area contributed by atoms with Crippen molar-refractivity contribution in [2.24, 2.45) is 0 Å². The van der Waals surface area contributed by atoms with Crippen LogP contribution < -0.4 is 15.4 Å². The molecule has 3 N–H and O–H groups in total. The number of amides is 2. The van der Waals surface area contributed by atoms with Crippen molar-refractivity contribution in [1.82, 2.24) is 15.2 Å². The minimum atomic E-state index is -0.240. The number of likely N-dealkylation sites (tertiary alicyclic amines) is 1. The molecule has 0 spiro atoms. The first-order valence-electron chi connectivity index (χ1n) is 9.15. The molecule has 1 aromatic heterocycles. The highest BCUT2D eigenvalue weighted by molar-refractivity contribution is 5.89. The highest BCUT2D eigenvalue weighted by Crippen LogP contribution is 2.17. The van der Waals surface area contributed by atoms with Gasteiger partial charge in [0.2, 0.25) is 0 Å². The first-order valence-corrected chi connectivity index (χ1v) is 9.15. The van der Waals surface area contributed by atoms with Crippen LogP contribution in [-0.4, -0.2) is 59.9 Å². The lowest BCUT2D eigenvalue weighted by Crippen LogP contribution is -2.39. The molecule has 2 aromatic rings. The number of urea groups is 1. The van der Waals surface area contributed by atoms with E-state index in [4.69, 9.17) is 4.74 Å². The number of anilines is 1. The van der Waals surface area contributed by atoms with Crippen molar-refractivity contribution in [2.45, 2.75) is 24.9 Å². The number of pyridine rings is 1. The number of hydrogen-bond acceptors (Lipinski definition) is 5. The average Bonchev–Trinajstić information content (AvgIpc) is 3.03. The number of hydrogen-bond donors (Lipinski definition) is 3. The van der Waals surface area contributed by atoms with Gasteiger partial charge in [-0.1, -0.05) is 6.07 Å². The summed E-state index contributed by atoms with van der Waals surface area (Å²) in [4.78, 5) is 18.5. The molecule has 2 atom stereocenters. The Hall–Kier alpha value is -2.64. The zero-order valence-corrected chi connectivity index (χ0v) is 15.5. The third-order valence-electron chi connectivity index (χ3n) is 4.70. The number of carbonyl (C=O) groups excluding carboxylic acids is 1. The molecule has 0 saturated carbocycles. The number of benzene rings is 1. The van der Waals surface area contributed by atoms with Crippen LogP contribution >= 0.6 is 0 Å². The van der Waals surface area contributed by atoms with Crippen LogP contribution in [0.25, 0.3) is 0 Å². The van der Waals surface area contributed by atoms with E-state index in [2.05, 4.69) is 20.5 Å². The Morgan fingerprint density at radius 3 is 2.78 bits per heavy atom. The normalized spacial score (nSPS) is 19.6. The van der Waals surface area contributed by atoms with E-state index in [1.807, 2.05) is 49.5 Å². The number of ether oxygens (including phenoxy) is 1. The summed E-state index contributed by atoms with van der Waals surface area (Å²) in [5.74, 6) is 0.750. The molecule has 0 bridgehead atoms. The van der Waals surface area contributed by atoms with E-state index in [9.17, 15) is 9.90 Å². The quantitative estimate of drug-likeness (QED) is 0.693. The number of carbonyl (C=O) groups is 1. The maximum atomic E-state index is 12.1. The van der Waals surface area contributed by atoms with E-state index in [0.29, 0.717) is 12.3 Å². The van der Waals surface area contributed by atoms with Gasteiger partial charge in [0.05, 0.1) is 13.2 Å². The zero-order chi connectivity index (χ0) is 19.1. The van der Waals surface area contributed by atoms with Gasteiger partial charge in [0, 0.05) is 42.6 Å². The Morgan fingerprint density at radius 2 is 2.11 bits per heavy atom. The maximum Gasteiger partial charge on any atom is 0.319 e. The topological polar surface area (TPSA) is 86.7 Å². The first-order chi connectivity index (χ1) is 13.1. The molecule has 0 aliphatic carbocycles. The van der Waals surface area contributed by atoms with Gasteiger partial charge < -0.3 is 20.5 Å². The molecule has 1 fully saturated rings. The molecule has 1 aliphatic heterocycles. The molecule has 1 saturated heterocycles. The summed E-state index contributed by atoms with van der Waals surface area (Å²) in [5.41, 5.74) is 1.70. The van der Waals surface area contributed by atoms with Crippen LogP contribution in [0.15, 0.2) is 48.7 Å². The molecular formula is C20H26N4O3. The minimum Gasteiger partial charge on any atom is -0.493 e. The van der Waals surface area contributed by atoms with Crippen LogP contribution in [0.3, 0.4) is 0 Å². The van der Waals surface area contributed by atoms with Crippen molar-refractivity contribution < 1.29 is 14.6 Å². The number of nitrogens with one attached hydrogen (secondary N) is 2. The van der Waals surface area contributed by atoms with Crippen LogP contribution in [0, 0.1) is 0 Å². The van der Waals surface area contributed by atoms with Crippen LogP contribution in [-0.2, 0) is 6.42 Å². The standard InChI is InChI=1S/C20H26N4O3/c1-24-13-17(12-18(24)14-25)23-20(26)22-16-5-7-19(8-6-16)27-11-9-15-4-2-3-10-21-15/h2-8,10,17-18,25H,9,11-14H2,1H3,(H2,22,23,26)/t17-,18+/m1/s1. The van der Waals surface area contributed by atoms with Crippen molar-refractivity contribution in [3.63, 3.8) is 0 Å². The summed E-state index contributed by atoms with van der Waals surface area (Å²) in [6.45, 7) is 1.39. The van der Waals surface area contributed by atoms with Crippen molar-refractivity contribution in [1.29, 1.82) is 0 Å². The number of likely N-dealkylation sites (N-methyl/N-ethyl adjacent to an activating group) is 1. The smallest absolute Gasteiger partial charge is 0.319 e. The minimum absolute atomic E-state index is 0.0429. The van der Waals surface area contributed by atoms with Gasteiger partial charge in [-0.05, 0) is 49.9 Å². The third kappa shape index (κ3) is 5.67. The molecule has 0 unspecified atom stereocenters. The lowest BCUT2D eigenvalue weighted by atomic mass is 10.2. The first kappa shape index (κ1) is 19.1. The van der Waals surface area contributed by atoms with Crippen molar-refractivity contribution >= 4 is 11.7 Å². The number of nitrogens with zero attached hydrogens (tertiary/aromatic N) is 2. The molecule has 0 radical (unpaired) electrons.